The molecule has 0 radical (unpaired) electrons. The van der Waals surface area contributed by atoms with E-state index in [4.69, 9.17) is 0 Å². The molecule has 44 heavy (non-hydrogen) atoms. The zero-order valence-corrected chi connectivity index (χ0v) is 25.0. The van der Waals surface area contributed by atoms with Crippen molar-refractivity contribution in [2.75, 3.05) is 0 Å². The van der Waals surface area contributed by atoms with Gasteiger partial charge in [0.1, 0.15) is 35.4 Å². The molecule has 0 atom stereocenters. The number of aryl methyl sites for hydroxylation is 4. The average Bonchev–Trinajstić information content (AvgIpc) is 3.03. The van der Waals surface area contributed by atoms with E-state index in [2.05, 4.69) is 24.3 Å². The third-order valence-corrected chi connectivity index (χ3v) is 7.81. The first-order chi connectivity index (χ1) is 21.3. The summed E-state index contributed by atoms with van der Waals surface area (Å²) in [5.74, 6) is 0. The Labute approximate surface area is 258 Å². The van der Waals surface area contributed by atoms with Crippen LogP contribution in [-0.4, -0.2) is 0 Å². The molecular weight excluding hydrogens is 536 g/mol. The smallest absolute Gasteiger partial charge is 0.138 e. The van der Waals surface area contributed by atoms with Crippen LogP contribution in [0.15, 0.2) is 131 Å². The average molecular weight is 565 g/mol. The Hall–Kier alpha value is -6.20. The van der Waals surface area contributed by atoms with Crippen LogP contribution in [-0.2, 0) is 0 Å². The second-order valence-electron chi connectivity index (χ2n) is 10.9. The molecule has 4 aromatic carbocycles. The van der Waals surface area contributed by atoms with Crippen molar-refractivity contribution in [2.24, 2.45) is 0 Å². The van der Waals surface area contributed by atoms with Crippen molar-refractivity contribution in [3.63, 3.8) is 0 Å². The highest BCUT2D eigenvalue weighted by Gasteiger charge is 2.41. The maximum atomic E-state index is 10.2. The Kier molecular flexibility index (Phi) is 8.22. The van der Waals surface area contributed by atoms with Gasteiger partial charge in [-0.25, -0.2) is 0 Å². The number of allylic oxidation sites excluding steroid dienone is 6. The molecule has 0 bridgehead atoms. The van der Waals surface area contributed by atoms with Crippen molar-refractivity contribution >= 4 is 11.1 Å². The molecule has 0 amide bonds. The van der Waals surface area contributed by atoms with Crippen LogP contribution < -0.4 is 0 Å². The molecule has 0 aromatic heterocycles. The summed E-state index contributed by atoms with van der Waals surface area (Å²) in [4.78, 5) is 0. The fourth-order valence-corrected chi connectivity index (χ4v) is 5.50. The Morgan fingerprint density at radius 2 is 0.545 bits per heavy atom. The second kappa shape index (κ2) is 12.3. The molecule has 0 unspecified atom stereocenters. The lowest BCUT2D eigenvalue weighted by atomic mass is 9.64. The van der Waals surface area contributed by atoms with Crippen LogP contribution in [0, 0.1) is 73.0 Å². The number of benzene rings is 4. The van der Waals surface area contributed by atoms with Gasteiger partial charge in [0, 0.05) is 22.3 Å². The van der Waals surface area contributed by atoms with Crippen LogP contribution in [0.25, 0.3) is 11.1 Å². The SMILES string of the molecule is Cc1ccc(C(=C2C(=C(C#N)C#N)C(=C(C#N)C#N)C2=C(c2ccc(C)cc2)c2ccc(C)cc2)c2ccc(C)cc2)cc1. The largest absolute Gasteiger partial charge is 0.192 e. The van der Waals surface area contributed by atoms with Crippen LogP contribution in [0.5, 0.6) is 0 Å². The Morgan fingerprint density at radius 1 is 0.341 bits per heavy atom. The Balaban J connectivity index is 2.09. The van der Waals surface area contributed by atoms with Gasteiger partial charge >= 0.3 is 0 Å². The highest BCUT2D eigenvalue weighted by Crippen LogP contribution is 2.56. The molecule has 1 aliphatic carbocycles. The van der Waals surface area contributed by atoms with E-state index in [-0.39, 0.29) is 11.1 Å². The van der Waals surface area contributed by atoms with Gasteiger partial charge in [0.2, 0.25) is 0 Å². The highest BCUT2D eigenvalue weighted by molar-refractivity contribution is 6.05. The summed E-state index contributed by atoms with van der Waals surface area (Å²) in [5.41, 5.74) is 11.2. The van der Waals surface area contributed by atoms with Gasteiger partial charge in [-0.05, 0) is 61.1 Å². The minimum atomic E-state index is -0.148. The van der Waals surface area contributed by atoms with E-state index < -0.39 is 0 Å². The summed E-state index contributed by atoms with van der Waals surface area (Å²) in [7, 11) is 0. The van der Waals surface area contributed by atoms with Gasteiger partial charge in [0.15, 0.2) is 0 Å². The quantitative estimate of drug-likeness (QED) is 0.231. The lowest BCUT2D eigenvalue weighted by Gasteiger charge is -2.36. The fraction of sp³-hybridized carbons (Fsp3) is 0.100. The van der Waals surface area contributed by atoms with Crippen LogP contribution in [0.4, 0.5) is 0 Å². The predicted octanol–water partition coefficient (Wildman–Crippen LogP) is 8.93. The second-order valence-corrected chi connectivity index (χ2v) is 10.9. The zero-order valence-electron chi connectivity index (χ0n) is 25.0. The minimum Gasteiger partial charge on any atom is -0.192 e. The van der Waals surface area contributed by atoms with Gasteiger partial charge in [0.25, 0.3) is 0 Å². The molecule has 4 aromatic rings. The predicted molar refractivity (Wildman–Crippen MR) is 173 cm³/mol. The lowest BCUT2D eigenvalue weighted by Crippen LogP contribution is -2.22. The van der Waals surface area contributed by atoms with Gasteiger partial charge < -0.3 is 0 Å². The molecule has 0 N–H and O–H groups in total. The minimum absolute atomic E-state index is 0.148. The molecule has 4 nitrogen and oxygen atoms in total. The van der Waals surface area contributed by atoms with Crippen LogP contribution >= 0.6 is 0 Å². The van der Waals surface area contributed by atoms with E-state index in [0.717, 1.165) is 55.7 Å². The molecule has 1 saturated carbocycles. The topological polar surface area (TPSA) is 95.2 Å². The summed E-state index contributed by atoms with van der Waals surface area (Å²) in [6, 6.07) is 40.7. The first-order valence-corrected chi connectivity index (χ1v) is 14.2. The summed E-state index contributed by atoms with van der Waals surface area (Å²) in [5, 5.41) is 40.7. The fourth-order valence-electron chi connectivity index (χ4n) is 5.50. The van der Waals surface area contributed by atoms with E-state index >= 15 is 0 Å². The molecule has 0 aliphatic heterocycles. The summed E-state index contributed by atoms with van der Waals surface area (Å²) in [6.45, 7) is 8.08. The van der Waals surface area contributed by atoms with Crippen molar-refractivity contribution in [3.05, 3.63) is 175 Å². The first kappa shape index (κ1) is 29.3. The molecule has 0 spiro atoms. The monoisotopic (exact) mass is 564 g/mol. The maximum Gasteiger partial charge on any atom is 0.138 e. The van der Waals surface area contributed by atoms with E-state index in [9.17, 15) is 21.0 Å². The van der Waals surface area contributed by atoms with Crippen LogP contribution in [0.1, 0.15) is 44.5 Å². The third kappa shape index (κ3) is 5.38. The van der Waals surface area contributed by atoms with Gasteiger partial charge in [-0.15, -0.1) is 0 Å². The van der Waals surface area contributed by atoms with E-state index in [1.54, 1.807) is 0 Å². The van der Waals surface area contributed by atoms with Crippen LogP contribution in [0.2, 0.25) is 0 Å². The van der Waals surface area contributed by atoms with E-state index in [1.165, 1.54) is 0 Å². The summed E-state index contributed by atoms with van der Waals surface area (Å²) >= 11 is 0. The van der Waals surface area contributed by atoms with Crippen molar-refractivity contribution < 1.29 is 0 Å². The Morgan fingerprint density at radius 3 is 0.727 bits per heavy atom. The lowest BCUT2D eigenvalue weighted by molar-refractivity contribution is 1.19. The maximum absolute atomic E-state index is 10.2. The van der Waals surface area contributed by atoms with Gasteiger partial charge in [-0.1, -0.05) is 119 Å². The van der Waals surface area contributed by atoms with Gasteiger partial charge in [-0.3, -0.25) is 0 Å². The first-order valence-electron chi connectivity index (χ1n) is 14.2. The number of nitriles is 4. The van der Waals surface area contributed by atoms with Crippen molar-refractivity contribution in [1.29, 1.82) is 21.0 Å². The number of rotatable bonds is 4. The van der Waals surface area contributed by atoms with Crippen molar-refractivity contribution in [1.82, 2.24) is 0 Å². The zero-order chi connectivity index (χ0) is 31.4. The van der Waals surface area contributed by atoms with Gasteiger partial charge in [-0.2, -0.15) is 21.0 Å². The summed E-state index contributed by atoms with van der Waals surface area (Å²) < 4.78 is 0. The molecule has 1 aliphatic rings. The molecule has 5 rings (SSSR count). The summed E-state index contributed by atoms with van der Waals surface area (Å²) in [6.07, 6.45) is 0. The highest BCUT2D eigenvalue weighted by atomic mass is 14.4. The molecule has 0 heterocycles. The normalized spacial score (nSPS) is 11.8. The van der Waals surface area contributed by atoms with E-state index in [1.807, 2.05) is 125 Å². The molecular formula is C40H28N4. The Bertz CT molecular complexity index is 1790. The van der Waals surface area contributed by atoms with Crippen molar-refractivity contribution in [3.8, 4) is 24.3 Å². The number of hydrogen-bond acceptors (Lipinski definition) is 4. The molecule has 1 fully saturated rings. The van der Waals surface area contributed by atoms with Gasteiger partial charge in [0.05, 0.1) is 0 Å². The van der Waals surface area contributed by atoms with Crippen molar-refractivity contribution in [2.45, 2.75) is 27.7 Å². The molecule has 4 heteroatoms. The van der Waals surface area contributed by atoms with Crippen LogP contribution in [0.3, 0.4) is 0 Å². The third-order valence-electron chi connectivity index (χ3n) is 7.81. The number of hydrogen-bond donors (Lipinski definition) is 0. The molecule has 0 saturated heterocycles. The number of nitrogens with zero attached hydrogens (tertiary/aromatic N) is 4. The van der Waals surface area contributed by atoms with E-state index in [0.29, 0.717) is 22.3 Å². The molecule has 208 valence electrons. The standard InChI is InChI=1S/C40H28N4/c1-25-5-13-29(14-6-25)35(30-15-7-26(2)8-16-30)39-37(33(21-41)22-42)38(34(23-43)24-44)40(39)36(31-17-9-27(3)10-18-31)32-19-11-28(4)12-20-32/h5-20H,1-4H3.